The fourth-order valence-electron chi connectivity index (χ4n) is 4.66. The van der Waals surface area contributed by atoms with Gasteiger partial charge in [0, 0.05) is 17.0 Å². The molecule has 2 aromatic rings. The number of carbonyl (C=O) groups excluding carboxylic acids is 2. The molecule has 0 spiro atoms. The third-order valence-corrected chi connectivity index (χ3v) is 6.82. The first-order valence-electron chi connectivity index (χ1n) is 12.3. The number of amides is 1. The smallest absolute Gasteiger partial charge is 0.309 e. The summed E-state index contributed by atoms with van der Waals surface area (Å²) in [4.78, 5) is 27.6. The van der Waals surface area contributed by atoms with Gasteiger partial charge in [-0.05, 0) is 63.5 Å². The van der Waals surface area contributed by atoms with Crippen molar-refractivity contribution in [3.8, 4) is 5.75 Å². The van der Waals surface area contributed by atoms with Gasteiger partial charge in [-0.15, -0.1) is 0 Å². The lowest BCUT2D eigenvalue weighted by molar-refractivity contribution is -0.149. The molecule has 1 amide bonds. The topological polar surface area (TPSA) is 71.4 Å². The van der Waals surface area contributed by atoms with Gasteiger partial charge in [-0.2, -0.15) is 5.10 Å². The van der Waals surface area contributed by atoms with Gasteiger partial charge in [-0.1, -0.05) is 41.9 Å². The summed E-state index contributed by atoms with van der Waals surface area (Å²) in [6.07, 6.45) is 1.97. The summed E-state index contributed by atoms with van der Waals surface area (Å²) in [7, 11) is 0. The maximum absolute atomic E-state index is 13.5. The number of nitrogens with zero attached hydrogens (tertiary/aromatic N) is 3. The van der Waals surface area contributed by atoms with Gasteiger partial charge in [0.15, 0.2) is 0 Å². The molecule has 1 fully saturated rings. The number of hydrogen-bond donors (Lipinski definition) is 0. The Kier molecular flexibility index (Phi) is 8.42. The number of hydrogen-bond acceptors (Lipinski definition) is 6. The molecule has 4 rings (SSSR count). The van der Waals surface area contributed by atoms with Crippen LogP contribution >= 0.6 is 11.6 Å². The van der Waals surface area contributed by atoms with Crippen molar-refractivity contribution in [1.82, 2.24) is 9.91 Å². The van der Waals surface area contributed by atoms with Crippen LogP contribution in [0.3, 0.4) is 0 Å². The molecular formula is C27H32ClN3O4. The van der Waals surface area contributed by atoms with E-state index in [1.807, 2.05) is 62.4 Å². The second kappa shape index (κ2) is 11.7. The molecule has 2 aliphatic rings. The van der Waals surface area contributed by atoms with E-state index >= 15 is 0 Å². The Balaban J connectivity index is 1.50. The van der Waals surface area contributed by atoms with Crippen LogP contribution < -0.4 is 4.74 Å². The van der Waals surface area contributed by atoms with Crippen molar-refractivity contribution in [2.45, 2.75) is 39.2 Å². The summed E-state index contributed by atoms with van der Waals surface area (Å²) in [5.74, 6) is 0.501. The predicted octanol–water partition coefficient (Wildman–Crippen LogP) is 4.69. The molecule has 0 aliphatic carbocycles. The summed E-state index contributed by atoms with van der Waals surface area (Å²) in [5.41, 5.74) is 2.63. The van der Waals surface area contributed by atoms with Crippen LogP contribution in [-0.2, 0) is 14.3 Å². The Morgan fingerprint density at radius 1 is 1.03 bits per heavy atom. The van der Waals surface area contributed by atoms with Gasteiger partial charge in [0.05, 0.1) is 37.4 Å². The van der Waals surface area contributed by atoms with Crippen LogP contribution in [0.25, 0.3) is 0 Å². The molecule has 7 nitrogen and oxygen atoms in total. The van der Waals surface area contributed by atoms with Crippen LogP contribution in [-0.4, -0.2) is 60.3 Å². The number of carbonyl (C=O) groups is 2. The minimum atomic E-state index is -0.221. The SMILES string of the molecule is CCOC(=O)C1CCN(CC(=O)N2N=C(c3ccccc3Cl)CC2c2ccc(OCC)cc2)CC1. The van der Waals surface area contributed by atoms with Crippen molar-refractivity contribution in [2.24, 2.45) is 11.0 Å². The van der Waals surface area contributed by atoms with E-state index in [0.717, 1.165) is 22.6 Å². The largest absolute Gasteiger partial charge is 0.494 e. The zero-order valence-electron chi connectivity index (χ0n) is 20.3. The Morgan fingerprint density at radius 2 is 1.74 bits per heavy atom. The summed E-state index contributed by atoms with van der Waals surface area (Å²) >= 11 is 6.45. The Labute approximate surface area is 211 Å². The number of likely N-dealkylation sites (tertiary alicyclic amines) is 1. The minimum Gasteiger partial charge on any atom is -0.494 e. The number of benzene rings is 2. The predicted molar refractivity (Wildman–Crippen MR) is 136 cm³/mol. The van der Waals surface area contributed by atoms with Gasteiger partial charge in [0.2, 0.25) is 0 Å². The van der Waals surface area contributed by atoms with Crippen molar-refractivity contribution >= 4 is 29.2 Å². The second-order valence-corrected chi connectivity index (χ2v) is 9.20. The van der Waals surface area contributed by atoms with E-state index in [9.17, 15) is 9.59 Å². The van der Waals surface area contributed by atoms with Gasteiger partial charge in [0.25, 0.3) is 5.91 Å². The first kappa shape index (κ1) is 25.2. The van der Waals surface area contributed by atoms with Crippen LogP contribution in [0.4, 0.5) is 0 Å². The van der Waals surface area contributed by atoms with Crippen molar-refractivity contribution < 1.29 is 19.1 Å². The molecule has 1 saturated heterocycles. The monoisotopic (exact) mass is 497 g/mol. The molecule has 0 radical (unpaired) electrons. The molecular weight excluding hydrogens is 466 g/mol. The van der Waals surface area contributed by atoms with E-state index < -0.39 is 0 Å². The highest BCUT2D eigenvalue weighted by Gasteiger charge is 2.35. The second-order valence-electron chi connectivity index (χ2n) is 8.79. The lowest BCUT2D eigenvalue weighted by Gasteiger charge is -2.32. The molecule has 0 saturated carbocycles. The van der Waals surface area contributed by atoms with Crippen LogP contribution in [0.5, 0.6) is 5.75 Å². The normalized spacial score (nSPS) is 18.9. The first-order chi connectivity index (χ1) is 17.0. The highest BCUT2D eigenvalue weighted by atomic mass is 35.5. The molecule has 0 bridgehead atoms. The van der Waals surface area contributed by atoms with E-state index in [-0.39, 0.29) is 30.4 Å². The van der Waals surface area contributed by atoms with Crippen molar-refractivity contribution in [1.29, 1.82) is 0 Å². The standard InChI is InChI=1S/C27H32ClN3O4/c1-3-34-21-11-9-19(10-12-21)25-17-24(22-7-5-6-8-23(22)28)29-31(25)26(32)18-30-15-13-20(14-16-30)27(33)35-4-2/h5-12,20,25H,3-4,13-18H2,1-2H3. The van der Waals surface area contributed by atoms with E-state index in [1.165, 1.54) is 0 Å². The van der Waals surface area contributed by atoms with E-state index in [2.05, 4.69) is 4.90 Å². The van der Waals surface area contributed by atoms with E-state index in [0.29, 0.717) is 50.6 Å². The molecule has 8 heteroatoms. The Bertz CT molecular complexity index is 1060. The number of rotatable bonds is 8. The molecule has 0 N–H and O–H groups in total. The Hall–Kier alpha value is -2.90. The maximum atomic E-state index is 13.5. The third kappa shape index (κ3) is 6.03. The maximum Gasteiger partial charge on any atom is 0.309 e. The van der Waals surface area contributed by atoms with E-state index in [1.54, 1.807) is 5.01 Å². The number of piperidine rings is 1. The highest BCUT2D eigenvalue weighted by molar-refractivity contribution is 6.34. The van der Waals surface area contributed by atoms with Gasteiger partial charge < -0.3 is 9.47 Å². The zero-order valence-corrected chi connectivity index (χ0v) is 21.0. The molecule has 35 heavy (non-hydrogen) atoms. The fraction of sp³-hybridized carbons (Fsp3) is 0.444. The summed E-state index contributed by atoms with van der Waals surface area (Å²) in [6.45, 7) is 6.37. The van der Waals surface area contributed by atoms with Crippen molar-refractivity contribution in [2.75, 3.05) is 32.8 Å². The average molecular weight is 498 g/mol. The van der Waals surface area contributed by atoms with Crippen LogP contribution in [0.2, 0.25) is 5.02 Å². The number of esters is 1. The van der Waals surface area contributed by atoms with Crippen LogP contribution in [0.15, 0.2) is 53.6 Å². The first-order valence-corrected chi connectivity index (χ1v) is 12.6. The highest BCUT2D eigenvalue weighted by Crippen LogP contribution is 2.35. The summed E-state index contributed by atoms with van der Waals surface area (Å²) < 4.78 is 10.7. The van der Waals surface area contributed by atoms with Crippen LogP contribution in [0, 0.1) is 5.92 Å². The lowest BCUT2D eigenvalue weighted by atomic mass is 9.97. The Morgan fingerprint density at radius 3 is 2.40 bits per heavy atom. The van der Waals surface area contributed by atoms with Gasteiger partial charge in [-0.3, -0.25) is 14.5 Å². The molecule has 186 valence electrons. The number of ether oxygens (including phenoxy) is 2. The lowest BCUT2D eigenvalue weighted by Crippen LogP contribution is -2.43. The van der Waals surface area contributed by atoms with Gasteiger partial charge >= 0.3 is 5.97 Å². The average Bonchev–Trinajstić information content (AvgIpc) is 3.31. The molecule has 2 aromatic carbocycles. The van der Waals surface area contributed by atoms with Crippen molar-refractivity contribution in [3.63, 3.8) is 0 Å². The molecule has 0 aromatic heterocycles. The molecule has 1 unspecified atom stereocenters. The van der Waals surface area contributed by atoms with Crippen molar-refractivity contribution in [3.05, 3.63) is 64.7 Å². The molecule has 2 aliphatic heterocycles. The van der Waals surface area contributed by atoms with Gasteiger partial charge in [-0.25, -0.2) is 5.01 Å². The van der Waals surface area contributed by atoms with Crippen LogP contribution in [0.1, 0.15) is 50.3 Å². The third-order valence-electron chi connectivity index (χ3n) is 6.49. The van der Waals surface area contributed by atoms with E-state index in [4.69, 9.17) is 26.2 Å². The fourth-order valence-corrected chi connectivity index (χ4v) is 4.91. The molecule has 1 atom stereocenters. The summed E-state index contributed by atoms with van der Waals surface area (Å²) in [6, 6.07) is 15.2. The number of halogens is 1. The molecule has 2 heterocycles. The quantitative estimate of drug-likeness (QED) is 0.495. The zero-order chi connectivity index (χ0) is 24.8. The number of hydrazone groups is 1. The minimum absolute atomic E-state index is 0.0690. The summed E-state index contributed by atoms with van der Waals surface area (Å²) in [5, 5.41) is 6.97. The van der Waals surface area contributed by atoms with Gasteiger partial charge in [0.1, 0.15) is 5.75 Å².